The second-order valence-corrected chi connectivity index (χ2v) is 7.86. The highest BCUT2D eigenvalue weighted by Gasteiger charge is 2.19. The molecule has 0 saturated carbocycles. The molecule has 1 aliphatic rings. The smallest absolute Gasteiger partial charge is 0.236 e. The first-order valence-corrected chi connectivity index (χ1v) is 9.84. The Hall–Kier alpha value is -1.39. The van der Waals surface area contributed by atoms with E-state index >= 15 is 0 Å². The third-order valence-corrected chi connectivity index (χ3v) is 5.09. The average Bonchev–Trinajstić information content (AvgIpc) is 2.60. The number of carbonyl (C=O) groups excluding carboxylic acids is 1. The maximum absolute atomic E-state index is 11.9. The molecule has 1 aromatic rings. The fourth-order valence-corrected chi connectivity index (χ4v) is 3.62. The van der Waals surface area contributed by atoms with Gasteiger partial charge in [0.2, 0.25) is 5.91 Å². The molecule has 0 bridgehead atoms. The van der Waals surface area contributed by atoms with Crippen molar-refractivity contribution in [1.29, 1.82) is 0 Å². The SMILES string of the molecule is CC(C)C[C@H](N)C(=O)NCCCN1CCC(Cc2ccccc2)CC1. The van der Waals surface area contributed by atoms with Crippen LogP contribution in [0.1, 0.15) is 45.1 Å². The number of carbonyl (C=O) groups is 1. The van der Waals surface area contributed by atoms with E-state index in [4.69, 9.17) is 5.73 Å². The van der Waals surface area contributed by atoms with Gasteiger partial charge in [-0.15, -0.1) is 0 Å². The summed E-state index contributed by atoms with van der Waals surface area (Å²) in [6.45, 7) is 8.34. The number of benzene rings is 1. The van der Waals surface area contributed by atoms with Crippen LogP contribution >= 0.6 is 0 Å². The van der Waals surface area contributed by atoms with Crippen LogP contribution in [0.2, 0.25) is 0 Å². The van der Waals surface area contributed by atoms with Gasteiger partial charge in [0.05, 0.1) is 6.04 Å². The van der Waals surface area contributed by atoms with Crippen LogP contribution in [0, 0.1) is 11.8 Å². The molecular formula is C21H35N3O. The third kappa shape index (κ3) is 7.57. The Kier molecular flexibility index (Phi) is 8.42. The molecule has 1 fully saturated rings. The van der Waals surface area contributed by atoms with Crippen LogP contribution < -0.4 is 11.1 Å². The largest absolute Gasteiger partial charge is 0.355 e. The lowest BCUT2D eigenvalue weighted by Gasteiger charge is -2.32. The highest BCUT2D eigenvalue weighted by molar-refractivity contribution is 5.81. The van der Waals surface area contributed by atoms with E-state index in [2.05, 4.69) is 54.4 Å². The van der Waals surface area contributed by atoms with Gasteiger partial charge in [0.25, 0.3) is 0 Å². The summed E-state index contributed by atoms with van der Waals surface area (Å²) >= 11 is 0. The summed E-state index contributed by atoms with van der Waals surface area (Å²) in [6.07, 6.45) is 5.52. The molecule has 1 aliphatic heterocycles. The number of nitrogens with one attached hydrogen (secondary N) is 1. The van der Waals surface area contributed by atoms with Crippen molar-refractivity contribution < 1.29 is 4.79 Å². The fourth-order valence-electron chi connectivity index (χ4n) is 3.62. The number of piperidine rings is 1. The predicted molar refractivity (Wildman–Crippen MR) is 104 cm³/mol. The second kappa shape index (κ2) is 10.6. The molecule has 1 aromatic carbocycles. The minimum Gasteiger partial charge on any atom is -0.355 e. The van der Waals surface area contributed by atoms with E-state index in [9.17, 15) is 4.79 Å². The van der Waals surface area contributed by atoms with Gasteiger partial charge in [0.15, 0.2) is 0 Å². The van der Waals surface area contributed by atoms with Crippen molar-refractivity contribution in [3.8, 4) is 0 Å². The van der Waals surface area contributed by atoms with Crippen LogP contribution in [0.5, 0.6) is 0 Å². The Morgan fingerprint density at radius 3 is 2.56 bits per heavy atom. The van der Waals surface area contributed by atoms with Crippen LogP contribution in [-0.4, -0.2) is 43.0 Å². The van der Waals surface area contributed by atoms with Crippen LogP contribution in [-0.2, 0) is 11.2 Å². The molecule has 140 valence electrons. The highest BCUT2D eigenvalue weighted by Crippen LogP contribution is 2.21. The number of likely N-dealkylation sites (tertiary alicyclic amines) is 1. The van der Waals surface area contributed by atoms with Crippen LogP contribution in [0.3, 0.4) is 0 Å². The number of nitrogens with two attached hydrogens (primary N) is 1. The molecule has 2 rings (SSSR count). The molecule has 25 heavy (non-hydrogen) atoms. The lowest BCUT2D eigenvalue weighted by molar-refractivity contribution is -0.122. The van der Waals surface area contributed by atoms with Crippen molar-refractivity contribution in [3.63, 3.8) is 0 Å². The standard InChI is InChI=1S/C21H35N3O/c1-17(2)15-20(22)21(25)23-11-6-12-24-13-9-19(10-14-24)16-18-7-4-3-5-8-18/h3-5,7-8,17,19-20H,6,9-16,22H2,1-2H3,(H,23,25)/t20-/m0/s1. The van der Waals surface area contributed by atoms with E-state index in [1.165, 1.54) is 37.9 Å². The summed E-state index contributed by atoms with van der Waals surface area (Å²) in [7, 11) is 0. The van der Waals surface area contributed by atoms with Crippen molar-refractivity contribution in [3.05, 3.63) is 35.9 Å². The number of rotatable bonds is 9. The molecule has 4 nitrogen and oxygen atoms in total. The average molecular weight is 346 g/mol. The zero-order chi connectivity index (χ0) is 18.1. The molecule has 1 atom stereocenters. The summed E-state index contributed by atoms with van der Waals surface area (Å²) in [4.78, 5) is 14.4. The van der Waals surface area contributed by atoms with Gasteiger partial charge < -0.3 is 16.0 Å². The Balaban J connectivity index is 1.56. The molecule has 1 amide bonds. The molecule has 4 heteroatoms. The van der Waals surface area contributed by atoms with Crippen molar-refractivity contribution >= 4 is 5.91 Å². The molecule has 0 aromatic heterocycles. The van der Waals surface area contributed by atoms with Crippen LogP contribution in [0.25, 0.3) is 0 Å². The molecule has 1 heterocycles. The molecule has 0 aliphatic carbocycles. The van der Waals surface area contributed by atoms with Gasteiger partial charge in [-0.05, 0) is 69.1 Å². The minimum atomic E-state index is -0.367. The van der Waals surface area contributed by atoms with Crippen molar-refractivity contribution in [2.75, 3.05) is 26.2 Å². The van der Waals surface area contributed by atoms with Gasteiger partial charge in [-0.25, -0.2) is 0 Å². The van der Waals surface area contributed by atoms with Gasteiger partial charge >= 0.3 is 0 Å². The first-order chi connectivity index (χ1) is 12.0. The summed E-state index contributed by atoms with van der Waals surface area (Å²) in [6, 6.07) is 10.4. The van der Waals surface area contributed by atoms with E-state index in [0.29, 0.717) is 5.92 Å². The van der Waals surface area contributed by atoms with Crippen molar-refractivity contribution in [2.24, 2.45) is 17.6 Å². The topological polar surface area (TPSA) is 58.4 Å². The maximum atomic E-state index is 11.9. The van der Waals surface area contributed by atoms with Crippen LogP contribution in [0.4, 0.5) is 0 Å². The maximum Gasteiger partial charge on any atom is 0.236 e. The molecule has 0 radical (unpaired) electrons. The molecular weight excluding hydrogens is 310 g/mol. The molecule has 0 unspecified atom stereocenters. The van der Waals surface area contributed by atoms with Gasteiger partial charge in [-0.3, -0.25) is 4.79 Å². The first kappa shape index (κ1) is 19.9. The molecule has 3 N–H and O–H groups in total. The first-order valence-electron chi connectivity index (χ1n) is 9.84. The van der Waals surface area contributed by atoms with Gasteiger partial charge in [0, 0.05) is 6.54 Å². The van der Waals surface area contributed by atoms with Gasteiger partial charge in [-0.1, -0.05) is 44.2 Å². The van der Waals surface area contributed by atoms with E-state index in [0.717, 1.165) is 31.8 Å². The Morgan fingerprint density at radius 2 is 1.92 bits per heavy atom. The quantitative estimate of drug-likeness (QED) is 0.677. The zero-order valence-corrected chi connectivity index (χ0v) is 15.9. The summed E-state index contributed by atoms with van der Waals surface area (Å²) in [5, 5.41) is 2.98. The Labute approximate surface area is 153 Å². The molecule has 1 saturated heterocycles. The van der Waals surface area contributed by atoms with Gasteiger partial charge in [0.1, 0.15) is 0 Å². The van der Waals surface area contributed by atoms with E-state index < -0.39 is 0 Å². The number of nitrogens with zero attached hydrogens (tertiary/aromatic N) is 1. The number of amides is 1. The Morgan fingerprint density at radius 1 is 1.24 bits per heavy atom. The number of hydrogen-bond acceptors (Lipinski definition) is 3. The zero-order valence-electron chi connectivity index (χ0n) is 15.9. The summed E-state index contributed by atoms with van der Waals surface area (Å²) in [5.74, 6) is 1.26. The lowest BCUT2D eigenvalue weighted by Crippen LogP contribution is -2.42. The highest BCUT2D eigenvalue weighted by atomic mass is 16.2. The molecule has 0 spiro atoms. The number of hydrogen-bond donors (Lipinski definition) is 2. The van der Waals surface area contributed by atoms with Crippen molar-refractivity contribution in [1.82, 2.24) is 10.2 Å². The van der Waals surface area contributed by atoms with E-state index in [-0.39, 0.29) is 11.9 Å². The summed E-state index contributed by atoms with van der Waals surface area (Å²) in [5.41, 5.74) is 7.36. The second-order valence-electron chi connectivity index (χ2n) is 7.86. The third-order valence-electron chi connectivity index (χ3n) is 5.09. The van der Waals surface area contributed by atoms with E-state index in [1.807, 2.05) is 0 Å². The predicted octanol–water partition coefficient (Wildman–Crippen LogP) is 2.82. The Bertz CT molecular complexity index is 495. The van der Waals surface area contributed by atoms with Gasteiger partial charge in [-0.2, -0.15) is 0 Å². The lowest BCUT2D eigenvalue weighted by atomic mass is 9.90. The minimum absolute atomic E-state index is 0.00438. The van der Waals surface area contributed by atoms with Crippen LogP contribution in [0.15, 0.2) is 30.3 Å². The monoisotopic (exact) mass is 345 g/mol. The normalized spacial score (nSPS) is 17.6. The van der Waals surface area contributed by atoms with E-state index in [1.54, 1.807) is 0 Å². The fraction of sp³-hybridized carbons (Fsp3) is 0.667. The van der Waals surface area contributed by atoms with Crippen molar-refractivity contribution in [2.45, 2.75) is 52.0 Å². The summed E-state index contributed by atoms with van der Waals surface area (Å²) < 4.78 is 0.